The Bertz CT molecular complexity index is 791. The summed E-state index contributed by atoms with van der Waals surface area (Å²) in [7, 11) is 0. The van der Waals surface area contributed by atoms with E-state index in [1.807, 2.05) is 18.2 Å². The van der Waals surface area contributed by atoms with E-state index in [0.29, 0.717) is 27.8 Å². The second kappa shape index (κ2) is 6.32. The van der Waals surface area contributed by atoms with Crippen LogP contribution in [0.15, 0.2) is 61.1 Å². The van der Waals surface area contributed by atoms with Crippen LogP contribution in [0.1, 0.15) is 10.4 Å². The first-order chi connectivity index (χ1) is 10.7. The van der Waals surface area contributed by atoms with Crippen molar-refractivity contribution in [2.45, 2.75) is 0 Å². The molecule has 108 valence electrons. The molecule has 0 radical (unpaired) electrons. The molecule has 6 heteroatoms. The molecule has 0 aliphatic heterocycles. The molecule has 0 aliphatic carbocycles. The third-order valence-corrected chi connectivity index (χ3v) is 3.13. The zero-order valence-corrected chi connectivity index (χ0v) is 12.2. The highest BCUT2D eigenvalue weighted by Crippen LogP contribution is 2.15. The maximum Gasteiger partial charge on any atom is 0.255 e. The normalized spacial score (nSPS) is 10.2. The minimum Gasteiger partial charge on any atom is -0.319 e. The number of nitrogens with zero attached hydrogens (tertiary/aromatic N) is 3. The van der Waals surface area contributed by atoms with E-state index in [4.69, 9.17) is 11.6 Å². The summed E-state index contributed by atoms with van der Waals surface area (Å²) < 4.78 is 0. The molecular formula is C16H11ClN4O. The fourth-order valence-electron chi connectivity index (χ4n) is 1.85. The van der Waals surface area contributed by atoms with E-state index in [1.165, 1.54) is 0 Å². The van der Waals surface area contributed by atoms with E-state index < -0.39 is 0 Å². The molecule has 0 spiro atoms. The van der Waals surface area contributed by atoms with Crippen LogP contribution in [0.5, 0.6) is 0 Å². The average Bonchev–Trinajstić information content (AvgIpc) is 2.56. The Balaban J connectivity index is 1.75. The molecule has 0 aliphatic rings. The first-order valence-corrected chi connectivity index (χ1v) is 6.90. The SMILES string of the molecule is O=C(Nc1cnc(-c2ccccn2)nc1)c1cccc(Cl)c1. The molecule has 2 aromatic heterocycles. The van der Waals surface area contributed by atoms with E-state index in [1.54, 1.807) is 42.9 Å². The van der Waals surface area contributed by atoms with Crippen molar-refractivity contribution < 1.29 is 4.79 Å². The average molecular weight is 311 g/mol. The van der Waals surface area contributed by atoms with Crippen LogP contribution >= 0.6 is 11.6 Å². The Labute approximate surface area is 132 Å². The van der Waals surface area contributed by atoms with Gasteiger partial charge in [-0.1, -0.05) is 23.7 Å². The zero-order valence-electron chi connectivity index (χ0n) is 11.4. The maximum absolute atomic E-state index is 12.1. The molecule has 2 heterocycles. The van der Waals surface area contributed by atoms with E-state index >= 15 is 0 Å². The van der Waals surface area contributed by atoms with Gasteiger partial charge in [-0.25, -0.2) is 9.97 Å². The van der Waals surface area contributed by atoms with Gasteiger partial charge in [-0.15, -0.1) is 0 Å². The Hall–Kier alpha value is -2.79. The van der Waals surface area contributed by atoms with Crippen LogP contribution in [0, 0.1) is 0 Å². The van der Waals surface area contributed by atoms with Crippen molar-refractivity contribution in [2.75, 3.05) is 5.32 Å². The van der Waals surface area contributed by atoms with E-state index in [2.05, 4.69) is 20.3 Å². The summed E-state index contributed by atoms with van der Waals surface area (Å²) >= 11 is 5.87. The molecular weight excluding hydrogens is 300 g/mol. The molecule has 5 nitrogen and oxygen atoms in total. The molecule has 1 N–H and O–H groups in total. The minimum absolute atomic E-state index is 0.267. The van der Waals surface area contributed by atoms with Gasteiger partial charge in [-0.3, -0.25) is 9.78 Å². The zero-order chi connectivity index (χ0) is 15.4. The van der Waals surface area contributed by atoms with Gasteiger partial charge in [0.2, 0.25) is 0 Å². The third-order valence-electron chi connectivity index (χ3n) is 2.89. The lowest BCUT2D eigenvalue weighted by atomic mass is 10.2. The standard InChI is InChI=1S/C16H11ClN4O/c17-12-5-3-4-11(8-12)16(22)21-13-9-19-15(20-10-13)14-6-1-2-7-18-14/h1-10H,(H,21,22). The first-order valence-electron chi connectivity index (χ1n) is 6.53. The lowest BCUT2D eigenvalue weighted by molar-refractivity contribution is 0.102. The summed E-state index contributed by atoms with van der Waals surface area (Å²) in [5.74, 6) is 0.234. The molecule has 3 rings (SSSR count). The Morgan fingerprint density at radius 3 is 2.50 bits per heavy atom. The number of amides is 1. The Morgan fingerprint density at radius 2 is 1.82 bits per heavy atom. The van der Waals surface area contributed by atoms with Crippen LogP contribution < -0.4 is 5.32 Å². The number of anilines is 1. The van der Waals surface area contributed by atoms with Gasteiger partial charge in [0.1, 0.15) is 5.69 Å². The fraction of sp³-hybridized carbons (Fsp3) is 0. The van der Waals surface area contributed by atoms with E-state index in [9.17, 15) is 4.79 Å². The van der Waals surface area contributed by atoms with Crippen molar-refractivity contribution in [1.82, 2.24) is 15.0 Å². The van der Waals surface area contributed by atoms with Gasteiger partial charge in [0, 0.05) is 16.8 Å². The third kappa shape index (κ3) is 3.27. The van der Waals surface area contributed by atoms with Crippen LogP contribution in [0.3, 0.4) is 0 Å². The molecule has 0 atom stereocenters. The van der Waals surface area contributed by atoms with Crippen LogP contribution in [0.4, 0.5) is 5.69 Å². The van der Waals surface area contributed by atoms with Crippen LogP contribution in [0.25, 0.3) is 11.5 Å². The van der Waals surface area contributed by atoms with Gasteiger partial charge in [-0.2, -0.15) is 0 Å². The number of carbonyl (C=O) groups is 1. The largest absolute Gasteiger partial charge is 0.319 e. The molecule has 1 amide bonds. The van der Waals surface area contributed by atoms with Crippen molar-refractivity contribution >= 4 is 23.2 Å². The number of carbonyl (C=O) groups excluding carboxylic acids is 1. The number of aromatic nitrogens is 3. The van der Waals surface area contributed by atoms with Gasteiger partial charge in [-0.05, 0) is 30.3 Å². The molecule has 3 aromatic rings. The molecule has 0 bridgehead atoms. The highest BCUT2D eigenvalue weighted by atomic mass is 35.5. The van der Waals surface area contributed by atoms with Crippen molar-refractivity contribution in [1.29, 1.82) is 0 Å². The minimum atomic E-state index is -0.267. The second-order valence-corrected chi connectivity index (χ2v) is 4.91. The van der Waals surface area contributed by atoms with Gasteiger partial charge in [0.15, 0.2) is 5.82 Å². The maximum atomic E-state index is 12.1. The molecule has 1 aromatic carbocycles. The van der Waals surface area contributed by atoms with Gasteiger partial charge in [0.05, 0.1) is 18.1 Å². The predicted octanol–water partition coefficient (Wildman–Crippen LogP) is 3.44. The fourth-order valence-corrected chi connectivity index (χ4v) is 2.04. The van der Waals surface area contributed by atoms with Crippen LogP contribution in [-0.4, -0.2) is 20.9 Å². The molecule has 22 heavy (non-hydrogen) atoms. The molecule has 0 saturated carbocycles. The highest BCUT2D eigenvalue weighted by molar-refractivity contribution is 6.31. The summed E-state index contributed by atoms with van der Waals surface area (Å²) in [4.78, 5) is 24.7. The van der Waals surface area contributed by atoms with E-state index in [-0.39, 0.29) is 5.91 Å². The van der Waals surface area contributed by atoms with Gasteiger partial charge >= 0.3 is 0 Å². The molecule has 0 saturated heterocycles. The van der Waals surface area contributed by atoms with Gasteiger partial charge < -0.3 is 5.32 Å². The molecule has 0 fully saturated rings. The number of nitrogens with one attached hydrogen (secondary N) is 1. The number of rotatable bonds is 3. The Morgan fingerprint density at radius 1 is 1.00 bits per heavy atom. The summed E-state index contributed by atoms with van der Waals surface area (Å²) in [5.41, 5.74) is 1.65. The lowest BCUT2D eigenvalue weighted by Crippen LogP contribution is -2.12. The predicted molar refractivity (Wildman–Crippen MR) is 84.7 cm³/mol. The lowest BCUT2D eigenvalue weighted by Gasteiger charge is -2.05. The van der Waals surface area contributed by atoms with Crippen molar-refractivity contribution in [3.63, 3.8) is 0 Å². The smallest absolute Gasteiger partial charge is 0.255 e. The number of pyridine rings is 1. The summed E-state index contributed by atoms with van der Waals surface area (Å²) in [5, 5.41) is 3.23. The monoisotopic (exact) mass is 310 g/mol. The summed E-state index contributed by atoms with van der Waals surface area (Å²) in [6.45, 7) is 0. The van der Waals surface area contributed by atoms with E-state index in [0.717, 1.165) is 0 Å². The number of hydrogen-bond acceptors (Lipinski definition) is 4. The van der Waals surface area contributed by atoms with Crippen molar-refractivity contribution in [3.05, 3.63) is 71.6 Å². The quantitative estimate of drug-likeness (QED) is 0.804. The molecule has 0 unspecified atom stereocenters. The van der Waals surface area contributed by atoms with Crippen molar-refractivity contribution in [2.24, 2.45) is 0 Å². The second-order valence-electron chi connectivity index (χ2n) is 4.47. The van der Waals surface area contributed by atoms with Crippen LogP contribution in [-0.2, 0) is 0 Å². The topological polar surface area (TPSA) is 67.8 Å². The first kappa shape index (κ1) is 14.2. The number of hydrogen-bond donors (Lipinski definition) is 1. The summed E-state index contributed by atoms with van der Waals surface area (Å²) in [6.07, 6.45) is 4.76. The van der Waals surface area contributed by atoms with Gasteiger partial charge in [0.25, 0.3) is 5.91 Å². The van der Waals surface area contributed by atoms with Crippen molar-refractivity contribution in [3.8, 4) is 11.5 Å². The Kier molecular flexibility index (Phi) is 4.07. The number of halogens is 1. The summed E-state index contributed by atoms with van der Waals surface area (Å²) in [6, 6.07) is 12.2. The highest BCUT2D eigenvalue weighted by Gasteiger charge is 2.08. The van der Waals surface area contributed by atoms with Crippen LogP contribution in [0.2, 0.25) is 5.02 Å². The number of benzene rings is 1.